The maximum Gasteiger partial charge on any atom is 0.493 e. The van der Waals surface area contributed by atoms with Gasteiger partial charge in [-0.05, 0) is 22.7 Å². The van der Waals surface area contributed by atoms with Gasteiger partial charge in [0.2, 0.25) is 11.9 Å². The van der Waals surface area contributed by atoms with E-state index in [0.29, 0.717) is 0 Å². The molecule has 22 heavy (non-hydrogen) atoms. The summed E-state index contributed by atoms with van der Waals surface area (Å²) in [5.41, 5.74) is -1.21. The summed E-state index contributed by atoms with van der Waals surface area (Å²) in [6.45, 7) is 0. The van der Waals surface area contributed by atoms with Crippen molar-refractivity contribution in [2.45, 2.75) is 0 Å². The van der Waals surface area contributed by atoms with Crippen LogP contribution in [0.4, 0.5) is 8.78 Å². The van der Waals surface area contributed by atoms with Gasteiger partial charge in [0.25, 0.3) is 0 Å². The van der Waals surface area contributed by atoms with Gasteiger partial charge in [-0.3, -0.25) is 0 Å². The third-order valence-electron chi connectivity index (χ3n) is 2.99. The zero-order chi connectivity index (χ0) is 16.4. The molecule has 1 heterocycles. The molecule has 0 unspecified atom stereocenters. The molecule has 110 valence electrons. The Hall–Kier alpha value is -2.31. The molecule has 6 nitrogen and oxygen atoms in total. The minimum Gasteiger partial charge on any atom is -0.423 e. The predicted molar refractivity (Wildman–Crippen MR) is 74.0 cm³/mol. The highest BCUT2D eigenvalue weighted by Gasteiger charge is 2.26. The van der Waals surface area contributed by atoms with Crippen LogP contribution < -0.4 is 10.9 Å². The average molecular weight is 304 g/mol. The lowest BCUT2D eigenvalue weighted by Gasteiger charge is -2.12. The minimum absolute atomic E-state index is 0.0370. The molecule has 0 amide bonds. The van der Waals surface area contributed by atoms with Crippen LogP contribution in [0.2, 0.25) is 0 Å². The van der Waals surface area contributed by atoms with Gasteiger partial charge in [0.05, 0.1) is 11.6 Å². The van der Waals surface area contributed by atoms with Crippen molar-refractivity contribution in [3.05, 3.63) is 41.7 Å². The molecule has 2 rings (SSSR count). The topological polar surface area (TPSA) is 118 Å². The summed E-state index contributed by atoms with van der Waals surface area (Å²) in [4.78, 5) is 2.86. The normalized spacial score (nSPS) is 10.2. The number of hydrogen-bond acceptors (Lipinski definition) is 6. The Kier molecular flexibility index (Phi) is 4.54. The van der Waals surface area contributed by atoms with E-state index in [1.54, 1.807) is 6.07 Å². The first-order chi connectivity index (χ1) is 10.3. The Morgan fingerprint density at radius 3 is 2.23 bits per heavy atom. The summed E-state index contributed by atoms with van der Waals surface area (Å²) in [6, 6.07) is 6.07. The third kappa shape index (κ3) is 2.98. The Balaban J connectivity index is 2.81. The van der Waals surface area contributed by atoms with Crippen LogP contribution in [0, 0.1) is 23.2 Å². The van der Waals surface area contributed by atoms with Crippen LogP contribution in [0.5, 0.6) is 0 Å². The first-order valence-corrected chi connectivity index (χ1v) is 5.97. The van der Waals surface area contributed by atoms with Gasteiger partial charge in [0.1, 0.15) is 0 Å². The molecule has 1 aromatic heterocycles. The lowest BCUT2D eigenvalue weighted by molar-refractivity contribution is 0.420. The zero-order valence-corrected chi connectivity index (χ0v) is 10.9. The first-order valence-electron chi connectivity index (χ1n) is 5.97. The monoisotopic (exact) mass is 304 g/mol. The number of nitriles is 1. The van der Waals surface area contributed by atoms with Crippen LogP contribution in [-0.4, -0.2) is 39.3 Å². The van der Waals surface area contributed by atoms with Crippen molar-refractivity contribution < 1.29 is 28.9 Å². The molecule has 0 bridgehead atoms. The Morgan fingerprint density at radius 2 is 1.68 bits per heavy atom. The summed E-state index contributed by atoms with van der Waals surface area (Å²) in [5.74, 6) is -2.67. The van der Waals surface area contributed by atoms with Gasteiger partial charge < -0.3 is 20.1 Å². The number of pyridine rings is 1. The molecule has 1 aromatic carbocycles. The summed E-state index contributed by atoms with van der Waals surface area (Å²) >= 11 is 0. The SMILES string of the molecule is N#Cc1ccc(B(O)O)cc1-c1cc(F)nc(F)c1B(O)O. The summed E-state index contributed by atoms with van der Waals surface area (Å²) in [5, 5.41) is 45.9. The molecule has 0 fully saturated rings. The summed E-state index contributed by atoms with van der Waals surface area (Å²) in [6.07, 6.45) is 0. The smallest absolute Gasteiger partial charge is 0.423 e. The predicted octanol–water partition coefficient (Wildman–Crippen LogP) is -1.74. The Labute approximate surface area is 124 Å². The third-order valence-corrected chi connectivity index (χ3v) is 2.99. The number of rotatable bonds is 3. The van der Waals surface area contributed by atoms with Gasteiger partial charge in [-0.15, -0.1) is 0 Å². The lowest BCUT2D eigenvalue weighted by Crippen LogP contribution is -2.36. The second-order valence-corrected chi connectivity index (χ2v) is 4.36. The largest absolute Gasteiger partial charge is 0.493 e. The molecule has 0 atom stereocenters. The van der Waals surface area contributed by atoms with Gasteiger partial charge in [0.15, 0.2) is 0 Å². The quantitative estimate of drug-likeness (QED) is 0.395. The zero-order valence-electron chi connectivity index (χ0n) is 10.9. The molecule has 0 saturated carbocycles. The molecule has 10 heteroatoms. The molecule has 0 aliphatic carbocycles. The maximum absolute atomic E-state index is 13.7. The standard InChI is InChI=1S/C12H8B2F2N2O4/c15-10-4-9(11(14(21)22)12(16)18-10)8-3-7(13(19)20)2-1-6(8)5-17/h1-4,19-22H. The van der Waals surface area contributed by atoms with Gasteiger partial charge in [-0.25, -0.2) is 0 Å². The van der Waals surface area contributed by atoms with Crippen molar-refractivity contribution >= 4 is 25.2 Å². The molecule has 0 aliphatic rings. The fourth-order valence-electron chi connectivity index (χ4n) is 2.01. The second kappa shape index (κ2) is 6.21. The minimum atomic E-state index is -2.29. The number of nitrogens with zero attached hydrogens (tertiary/aromatic N) is 2. The summed E-state index contributed by atoms with van der Waals surface area (Å²) in [7, 11) is -4.16. The van der Waals surface area contributed by atoms with E-state index in [1.165, 1.54) is 12.1 Å². The van der Waals surface area contributed by atoms with E-state index in [0.717, 1.165) is 12.1 Å². The van der Waals surface area contributed by atoms with Crippen LogP contribution in [0.1, 0.15) is 5.56 Å². The molecule has 2 aromatic rings. The van der Waals surface area contributed by atoms with Crippen LogP contribution in [-0.2, 0) is 0 Å². The van der Waals surface area contributed by atoms with Crippen molar-refractivity contribution in [2.75, 3.05) is 0 Å². The molecule has 0 saturated heterocycles. The van der Waals surface area contributed by atoms with E-state index in [4.69, 9.17) is 15.3 Å². The van der Waals surface area contributed by atoms with Gasteiger partial charge >= 0.3 is 14.2 Å². The van der Waals surface area contributed by atoms with E-state index in [-0.39, 0.29) is 22.2 Å². The molecule has 0 aliphatic heterocycles. The van der Waals surface area contributed by atoms with E-state index in [9.17, 15) is 18.8 Å². The molecule has 0 spiro atoms. The van der Waals surface area contributed by atoms with Crippen molar-refractivity contribution in [2.24, 2.45) is 0 Å². The first kappa shape index (κ1) is 16.1. The van der Waals surface area contributed by atoms with Crippen LogP contribution in [0.15, 0.2) is 24.3 Å². The highest BCUT2D eigenvalue weighted by molar-refractivity contribution is 6.61. The van der Waals surface area contributed by atoms with Gasteiger partial charge in [-0.2, -0.15) is 19.0 Å². The maximum atomic E-state index is 13.7. The van der Waals surface area contributed by atoms with Crippen LogP contribution in [0.25, 0.3) is 11.1 Å². The Bertz CT molecular complexity index is 766. The molecule has 0 radical (unpaired) electrons. The highest BCUT2D eigenvalue weighted by Crippen LogP contribution is 2.22. The molecular weight excluding hydrogens is 296 g/mol. The van der Waals surface area contributed by atoms with Crippen molar-refractivity contribution in [1.29, 1.82) is 5.26 Å². The summed E-state index contributed by atoms with van der Waals surface area (Å²) < 4.78 is 27.0. The number of benzene rings is 1. The second-order valence-electron chi connectivity index (χ2n) is 4.36. The van der Waals surface area contributed by atoms with E-state index in [2.05, 4.69) is 4.98 Å². The van der Waals surface area contributed by atoms with Crippen molar-refractivity contribution in [3.8, 4) is 17.2 Å². The van der Waals surface area contributed by atoms with Crippen LogP contribution >= 0.6 is 0 Å². The number of halogens is 2. The van der Waals surface area contributed by atoms with Gasteiger partial charge in [0, 0.05) is 11.5 Å². The van der Waals surface area contributed by atoms with E-state index < -0.39 is 31.6 Å². The van der Waals surface area contributed by atoms with E-state index in [1.807, 2.05) is 0 Å². The lowest BCUT2D eigenvalue weighted by atomic mass is 9.73. The van der Waals surface area contributed by atoms with E-state index >= 15 is 0 Å². The fourth-order valence-corrected chi connectivity index (χ4v) is 2.01. The molecule has 4 N–H and O–H groups in total. The fraction of sp³-hybridized carbons (Fsp3) is 0. The van der Waals surface area contributed by atoms with Crippen molar-refractivity contribution in [1.82, 2.24) is 4.98 Å². The number of hydrogen-bond donors (Lipinski definition) is 4. The average Bonchev–Trinajstić information content (AvgIpc) is 2.45. The molecular formula is C12H8B2F2N2O4. The van der Waals surface area contributed by atoms with Crippen molar-refractivity contribution in [3.63, 3.8) is 0 Å². The van der Waals surface area contributed by atoms with Crippen LogP contribution in [0.3, 0.4) is 0 Å². The number of aromatic nitrogens is 1. The van der Waals surface area contributed by atoms with Gasteiger partial charge in [-0.1, -0.05) is 12.1 Å². The highest BCUT2D eigenvalue weighted by atomic mass is 19.1. The Morgan fingerprint density at radius 1 is 1.00 bits per heavy atom.